The molecular weight excluding hydrogens is 369 g/mol. The number of hydrogen-bond acceptors (Lipinski definition) is 4. The van der Waals surface area contributed by atoms with Gasteiger partial charge in [0.15, 0.2) is 0 Å². The Morgan fingerprint density at radius 1 is 1.30 bits per heavy atom. The fourth-order valence-corrected chi connectivity index (χ4v) is 6.38. The Morgan fingerprint density at radius 3 is 2.35 bits per heavy atom. The fourth-order valence-electron chi connectivity index (χ4n) is 1.75. The third-order valence-electron chi connectivity index (χ3n) is 2.66. The normalized spacial score (nSPS) is 20.2. The molecule has 1 N–H and O–H groups in total. The summed E-state index contributed by atoms with van der Waals surface area (Å²) >= 11 is 18.7. The van der Waals surface area contributed by atoms with Gasteiger partial charge in [-0.3, -0.25) is 4.79 Å². The Labute approximate surface area is 134 Å². The number of halogens is 3. The Balaban J connectivity index is 2.54. The summed E-state index contributed by atoms with van der Waals surface area (Å²) < 4.78 is 26.0. The number of thioether (sulfide) groups is 1. The van der Waals surface area contributed by atoms with E-state index in [1.807, 2.05) is 0 Å². The molecule has 0 bridgehead atoms. The van der Waals surface area contributed by atoms with E-state index in [1.54, 1.807) is 0 Å². The van der Waals surface area contributed by atoms with Crippen molar-refractivity contribution in [2.24, 2.45) is 0 Å². The maximum atomic E-state index is 12.5. The standard InChI is InChI=1S/C10H8Cl3NO4S2/c11-5-1-6(12)9(7(13)2-5)20(17,18)14-4-19-3-8(14)10(15)16/h1-2,8H,3-4H2,(H,15,16)/t8-/m0/s1. The number of rotatable bonds is 3. The zero-order valence-electron chi connectivity index (χ0n) is 9.72. The first-order valence-corrected chi connectivity index (χ1v) is 8.95. The second-order valence-corrected chi connectivity index (χ2v) is 8.02. The number of nitrogens with zero attached hydrogens (tertiary/aromatic N) is 1. The van der Waals surface area contributed by atoms with E-state index in [0.29, 0.717) is 0 Å². The minimum absolute atomic E-state index is 0.0363. The predicted molar refractivity (Wildman–Crippen MR) is 79.2 cm³/mol. The monoisotopic (exact) mass is 375 g/mol. The van der Waals surface area contributed by atoms with Crippen molar-refractivity contribution in [3.63, 3.8) is 0 Å². The van der Waals surface area contributed by atoms with Gasteiger partial charge < -0.3 is 5.11 Å². The highest BCUT2D eigenvalue weighted by atomic mass is 35.5. The average Bonchev–Trinajstić information content (AvgIpc) is 2.75. The molecule has 1 fully saturated rings. The van der Waals surface area contributed by atoms with Crippen molar-refractivity contribution >= 4 is 62.6 Å². The van der Waals surface area contributed by atoms with Gasteiger partial charge in [0.05, 0.1) is 15.9 Å². The lowest BCUT2D eigenvalue weighted by Crippen LogP contribution is -2.41. The van der Waals surface area contributed by atoms with Crippen LogP contribution in [0, 0.1) is 0 Å². The van der Waals surface area contributed by atoms with Gasteiger partial charge >= 0.3 is 5.97 Å². The maximum absolute atomic E-state index is 12.5. The lowest BCUT2D eigenvalue weighted by molar-refractivity contribution is -0.140. The highest BCUT2D eigenvalue weighted by molar-refractivity contribution is 8.00. The molecule has 10 heteroatoms. The van der Waals surface area contributed by atoms with Gasteiger partial charge in [0.25, 0.3) is 0 Å². The Bertz CT molecular complexity index is 641. The third kappa shape index (κ3) is 2.88. The molecule has 1 aromatic rings. The van der Waals surface area contributed by atoms with Gasteiger partial charge in [0, 0.05) is 10.8 Å². The van der Waals surface area contributed by atoms with Crippen LogP contribution in [0.4, 0.5) is 0 Å². The highest BCUT2D eigenvalue weighted by Gasteiger charge is 2.41. The van der Waals surface area contributed by atoms with Gasteiger partial charge in [-0.1, -0.05) is 34.8 Å². The molecule has 0 aromatic heterocycles. The fraction of sp³-hybridized carbons (Fsp3) is 0.300. The van der Waals surface area contributed by atoms with Gasteiger partial charge in [-0.2, -0.15) is 4.31 Å². The van der Waals surface area contributed by atoms with E-state index in [2.05, 4.69) is 0 Å². The van der Waals surface area contributed by atoms with Crippen molar-refractivity contribution in [2.45, 2.75) is 10.9 Å². The zero-order valence-corrected chi connectivity index (χ0v) is 13.6. The van der Waals surface area contributed by atoms with Crippen molar-refractivity contribution in [1.29, 1.82) is 0 Å². The van der Waals surface area contributed by atoms with Crippen molar-refractivity contribution in [3.8, 4) is 0 Å². The number of sulfonamides is 1. The number of carboxylic acids is 1. The zero-order chi connectivity index (χ0) is 15.1. The Morgan fingerprint density at radius 2 is 1.85 bits per heavy atom. The second kappa shape index (κ2) is 5.90. The lowest BCUT2D eigenvalue weighted by Gasteiger charge is -2.21. The van der Waals surface area contributed by atoms with Crippen molar-refractivity contribution in [3.05, 3.63) is 27.2 Å². The minimum atomic E-state index is -4.10. The number of benzene rings is 1. The van der Waals surface area contributed by atoms with E-state index in [0.717, 1.165) is 4.31 Å². The first kappa shape index (κ1) is 16.2. The smallest absolute Gasteiger partial charge is 0.322 e. The number of hydrogen-bond donors (Lipinski definition) is 1. The van der Waals surface area contributed by atoms with E-state index in [1.165, 1.54) is 23.9 Å². The Hall–Kier alpha value is -0.180. The van der Waals surface area contributed by atoms with Crippen molar-refractivity contribution in [2.75, 3.05) is 11.6 Å². The molecule has 1 saturated heterocycles. The van der Waals surface area contributed by atoms with Crippen LogP contribution < -0.4 is 0 Å². The van der Waals surface area contributed by atoms with Crippen molar-refractivity contribution in [1.82, 2.24) is 4.31 Å². The van der Waals surface area contributed by atoms with E-state index < -0.39 is 22.0 Å². The molecule has 1 heterocycles. The van der Waals surface area contributed by atoms with E-state index >= 15 is 0 Å². The molecule has 1 aromatic carbocycles. The van der Waals surface area contributed by atoms with Gasteiger partial charge in [0.2, 0.25) is 10.0 Å². The molecule has 0 radical (unpaired) electrons. The summed E-state index contributed by atoms with van der Waals surface area (Å²) in [6.07, 6.45) is 0. The molecule has 0 spiro atoms. The Kier molecular flexibility index (Phi) is 4.78. The minimum Gasteiger partial charge on any atom is -0.480 e. The summed E-state index contributed by atoms with van der Waals surface area (Å²) in [6, 6.07) is 1.37. The third-order valence-corrected chi connectivity index (χ3v) is 6.83. The van der Waals surface area contributed by atoms with Crippen LogP contribution in [-0.2, 0) is 14.8 Å². The van der Waals surface area contributed by atoms with Crippen LogP contribution in [0.1, 0.15) is 0 Å². The van der Waals surface area contributed by atoms with E-state index in [4.69, 9.17) is 39.9 Å². The molecule has 0 unspecified atom stereocenters. The van der Waals surface area contributed by atoms with Gasteiger partial charge in [-0.25, -0.2) is 8.42 Å². The highest BCUT2D eigenvalue weighted by Crippen LogP contribution is 2.37. The number of carbonyl (C=O) groups is 1. The predicted octanol–water partition coefficient (Wildman–Crippen LogP) is 2.80. The molecule has 5 nitrogen and oxygen atoms in total. The van der Waals surface area contributed by atoms with Crippen LogP contribution in [-0.4, -0.2) is 41.5 Å². The largest absolute Gasteiger partial charge is 0.480 e. The molecule has 1 aliphatic heterocycles. The van der Waals surface area contributed by atoms with Crippen LogP contribution in [0.3, 0.4) is 0 Å². The summed E-state index contributed by atoms with van der Waals surface area (Å²) in [5, 5.41) is 9.00. The first-order chi connectivity index (χ1) is 9.25. The molecule has 2 rings (SSSR count). The average molecular weight is 377 g/mol. The maximum Gasteiger partial charge on any atom is 0.322 e. The lowest BCUT2D eigenvalue weighted by atomic mass is 10.3. The molecule has 110 valence electrons. The van der Waals surface area contributed by atoms with Crippen LogP contribution >= 0.6 is 46.6 Å². The molecule has 20 heavy (non-hydrogen) atoms. The van der Waals surface area contributed by atoms with Crippen LogP contribution in [0.5, 0.6) is 0 Å². The van der Waals surface area contributed by atoms with E-state index in [9.17, 15) is 13.2 Å². The summed E-state index contributed by atoms with van der Waals surface area (Å²) in [7, 11) is -4.10. The van der Waals surface area contributed by atoms with Gasteiger partial charge in [0.1, 0.15) is 10.9 Å². The number of aliphatic carboxylic acids is 1. The molecule has 0 amide bonds. The summed E-state index contributed by atoms with van der Waals surface area (Å²) in [6.45, 7) is 0. The van der Waals surface area contributed by atoms with E-state index in [-0.39, 0.29) is 31.6 Å². The molecular formula is C10H8Cl3NO4S2. The summed E-state index contributed by atoms with van der Waals surface area (Å²) in [4.78, 5) is 10.8. The molecule has 0 aliphatic carbocycles. The summed E-state index contributed by atoms with van der Waals surface area (Å²) in [5.41, 5.74) is 0. The molecule has 0 saturated carbocycles. The van der Waals surface area contributed by atoms with Gasteiger partial charge in [-0.05, 0) is 12.1 Å². The topological polar surface area (TPSA) is 74.7 Å². The van der Waals surface area contributed by atoms with Crippen LogP contribution in [0.15, 0.2) is 17.0 Å². The van der Waals surface area contributed by atoms with Gasteiger partial charge in [-0.15, -0.1) is 11.8 Å². The SMILES string of the molecule is O=C(O)[C@@H]1CSCN1S(=O)(=O)c1c(Cl)cc(Cl)cc1Cl. The van der Waals surface area contributed by atoms with Crippen LogP contribution in [0.25, 0.3) is 0 Å². The van der Waals surface area contributed by atoms with Crippen molar-refractivity contribution < 1.29 is 18.3 Å². The first-order valence-electron chi connectivity index (χ1n) is 5.22. The number of carboxylic acid groups (broad SMARTS) is 1. The second-order valence-electron chi connectivity index (χ2n) is 3.94. The molecule has 1 aliphatic rings. The molecule has 1 atom stereocenters. The quantitative estimate of drug-likeness (QED) is 0.878. The van der Waals surface area contributed by atoms with Crippen LogP contribution in [0.2, 0.25) is 15.1 Å². The summed E-state index contributed by atoms with van der Waals surface area (Å²) in [5.74, 6) is -0.994.